The van der Waals surface area contributed by atoms with E-state index in [9.17, 15) is 14.7 Å². The first-order valence-corrected chi connectivity index (χ1v) is 10.4. The number of benzene rings is 2. The lowest BCUT2D eigenvalue weighted by molar-refractivity contribution is 0.0697. The van der Waals surface area contributed by atoms with Gasteiger partial charge in [0.05, 0.1) is 11.3 Å². The van der Waals surface area contributed by atoms with E-state index in [1.54, 1.807) is 29.1 Å². The van der Waals surface area contributed by atoms with Gasteiger partial charge in [0, 0.05) is 30.3 Å². The molecule has 7 nitrogen and oxygen atoms in total. The summed E-state index contributed by atoms with van der Waals surface area (Å²) in [5.41, 5.74) is 2.84. The number of hydrogen-bond acceptors (Lipinski definition) is 5. The lowest BCUT2D eigenvalue weighted by Crippen LogP contribution is -2.07. The highest BCUT2D eigenvalue weighted by molar-refractivity contribution is 6.06. The van der Waals surface area contributed by atoms with E-state index in [4.69, 9.17) is 0 Å². The standard InChI is InChI=1S/C25H22N4O3/c1-2-15-29-21(27-24(28-29)23(30)19-7-4-3-5-8-19)16-17-10-12-18(13-11-17)22-20(25(31)32)9-6-14-26-22/h3-14H,2,15-16H2,1H3,(H,31,32). The van der Waals surface area contributed by atoms with Gasteiger partial charge in [-0.2, -0.15) is 0 Å². The van der Waals surface area contributed by atoms with Crippen molar-refractivity contribution >= 4 is 11.8 Å². The molecule has 2 heterocycles. The summed E-state index contributed by atoms with van der Waals surface area (Å²) in [4.78, 5) is 33.0. The van der Waals surface area contributed by atoms with E-state index in [-0.39, 0.29) is 17.2 Å². The fraction of sp³-hybridized carbons (Fsp3) is 0.160. The van der Waals surface area contributed by atoms with Gasteiger partial charge in [0.2, 0.25) is 11.6 Å². The van der Waals surface area contributed by atoms with Gasteiger partial charge < -0.3 is 5.11 Å². The Balaban J connectivity index is 1.60. The predicted molar refractivity (Wildman–Crippen MR) is 120 cm³/mol. The third-order valence-electron chi connectivity index (χ3n) is 5.05. The number of aromatic carboxylic acids is 1. The number of hydrogen-bond donors (Lipinski definition) is 1. The van der Waals surface area contributed by atoms with E-state index in [2.05, 4.69) is 15.1 Å². The van der Waals surface area contributed by atoms with E-state index in [1.165, 1.54) is 6.07 Å². The molecule has 0 aliphatic carbocycles. The van der Waals surface area contributed by atoms with Gasteiger partial charge in [0.15, 0.2) is 0 Å². The highest BCUT2D eigenvalue weighted by Crippen LogP contribution is 2.22. The summed E-state index contributed by atoms with van der Waals surface area (Å²) < 4.78 is 1.78. The topological polar surface area (TPSA) is 98.0 Å². The van der Waals surface area contributed by atoms with Crippen LogP contribution in [0, 0.1) is 0 Å². The molecule has 0 atom stereocenters. The maximum absolute atomic E-state index is 12.8. The first kappa shape index (κ1) is 21.1. The van der Waals surface area contributed by atoms with Crippen molar-refractivity contribution in [3.05, 3.63) is 101 Å². The second-order valence-electron chi connectivity index (χ2n) is 7.35. The molecular formula is C25H22N4O3. The summed E-state index contributed by atoms with van der Waals surface area (Å²) in [6.07, 6.45) is 2.95. The number of carbonyl (C=O) groups is 2. The molecule has 0 amide bonds. The molecule has 0 fully saturated rings. The summed E-state index contributed by atoms with van der Waals surface area (Å²) in [5, 5.41) is 13.9. The SMILES string of the molecule is CCCn1nc(C(=O)c2ccccc2)nc1Cc1ccc(-c2ncccc2C(=O)O)cc1. The van der Waals surface area contributed by atoms with Gasteiger partial charge in [-0.05, 0) is 24.1 Å². The molecule has 0 radical (unpaired) electrons. The van der Waals surface area contributed by atoms with E-state index in [0.717, 1.165) is 17.5 Å². The van der Waals surface area contributed by atoms with Crippen molar-refractivity contribution in [3.63, 3.8) is 0 Å². The molecular weight excluding hydrogens is 404 g/mol. The summed E-state index contributed by atoms with van der Waals surface area (Å²) in [7, 11) is 0. The van der Waals surface area contributed by atoms with Gasteiger partial charge >= 0.3 is 5.97 Å². The van der Waals surface area contributed by atoms with E-state index in [0.29, 0.717) is 30.0 Å². The van der Waals surface area contributed by atoms with Crippen LogP contribution in [0.4, 0.5) is 0 Å². The molecule has 7 heteroatoms. The van der Waals surface area contributed by atoms with E-state index >= 15 is 0 Å². The monoisotopic (exact) mass is 426 g/mol. The molecule has 2 aromatic carbocycles. The fourth-order valence-corrected chi connectivity index (χ4v) is 3.48. The van der Waals surface area contributed by atoms with Gasteiger partial charge in [-0.3, -0.25) is 9.78 Å². The minimum atomic E-state index is -1.01. The Bertz CT molecular complexity index is 1250. The van der Waals surface area contributed by atoms with Crippen LogP contribution in [0.5, 0.6) is 0 Å². The van der Waals surface area contributed by atoms with Crippen molar-refractivity contribution < 1.29 is 14.7 Å². The number of pyridine rings is 1. The van der Waals surface area contributed by atoms with Crippen LogP contribution in [-0.4, -0.2) is 36.6 Å². The van der Waals surface area contributed by atoms with Crippen LogP contribution in [0.2, 0.25) is 0 Å². The minimum absolute atomic E-state index is 0.159. The number of aromatic nitrogens is 4. The number of carbonyl (C=O) groups excluding carboxylic acids is 1. The first-order valence-electron chi connectivity index (χ1n) is 10.4. The minimum Gasteiger partial charge on any atom is -0.478 e. The quantitative estimate of drug-likeness (QED) is 0.423. The van der Waals surface area contributed by atoms with Crippen molar-refractivity contribution in [3.8, 4) is 11.3 Å². The molecule has 0 aliphatic rings. The normalized spacial score (nSPS) is 10.8. The second-order valence-corrected chi connectivity index (χ2v) is 7.35. The molecule has 1 N–H and O–H groups in total. The lowest BCUT2D eigenvalue weighted by Gasteiger charge is -2.07. The third-order valence-corrected chi connectivity index (χ3v) is 5.05. The van der Waals surface area contributed by atoms with Crippen molar-refractivity contribution in [2.24, 2.45) is 0 Å². The highest BCUT2D eigenvalue weighted by Gasteiger charge is 2.18. The maximum atomic E-state index is 12.8. The van der Waals surface area contributed by atoms with Crippen LogP contribution in [0.25, 0.3) is 11.3 Å². The zero-order valence-electron chi connectivity index (χ0n) is 17.6. The average Bonchev–Trinajstić information content (AvgIpc) is 3.22. The largest absolute Gasteiger partial charge is 0.478 e. The Morgan fingerprint density at radius 2 is 1.72 bits per heavy atom. The zero-order valence-corrected chi connectivity index (χ0v) is 17.6. The van der Waals surface area contributed by atoms with Crippen LogP contribution in [0.1, 0.15) is 51.3 Å². The Hall–Kier alpha value is -4.13. The van der Waals surface area contributed by atoms with Crippen LogP contribution in [0.15, 0.2) is 72.9 Å². The van der Waals surface area contributed by atoms with Gasteiger partial charge in [0.1, 0.15) is 5.82 Å². The molecule has 0 spiro atoms. The Morgan fingerprint density at radius 3 is 2.41 bits per heavy atom. The second kappa shape index (κ2) is 9.34. The Morgan fingerprint density at radius 1 is 0.969 bits per heavy atom. The molecule has 4 aromatic rings. The molecule has 32 heavy (non-hydrogen) atoms. The molecule has 0 unspecified atom stereocenters. The average molecular weight is 426 g/mol. The van der Waals surface area contributed by atoms with E-state index < -0.39 is 5.97 Å². The molecule has 0 saturated carbocycles. The summed E-state index contributed by atoms with van der Waals surface area (Å²) in [6.45, 7) is 2.71. The summed E-state index contributed by atoms with van der Waals surface area (Å²) in [5.74, 6) is -0.312. The van der Waals surface area contributed by atoms with Gasteiger partial charge in [-0.25, -0.2) is 14.5 Å². The Labute approximate surface area is 185 Å². The molecule has 0 saturated heterocycles. The molecule has 4 rings (SSSR count). The number of carboxylic acids is 1. The van der Waals surface area contributed by atoms with Gasteiger partial charge in [-0.15, -0.1) is 5.10 Å². The zero-order chi connectivity index (χ0) is 22.5. The molecule has 0 aliphatic heterocycles. The third kappa shape index (κ3) is 4.46. The van der Waals surface area contributed by atoms with Crippen LogP contribution in [-0.2, 0) is 13.0 Å². The number of aryl methyl sites for hydroxylation is 1. The lowest BCUT2D eigenvalue weighted by atomic mass is 10.0. The molecule has 160 valence electrons. The van der Waals surface area contributed by atoms with Crippen LogP contribution < -0.4 is 0 Å². The summed E-state index contributed by atoms with van der Waals surface area (Å²) >= 11 is 0. The molecule has 0 bridgehead atoms. The highest BCUT2D eigenvalue weighted by atomic mass is 16.4. The van der Waals surface area contributed by atoms with Gasteiger partial charge in [0.25, 0.3) is 0 Å². The van der Waals surface area contributed by atoms with Crippen molar-refractivity contribution in [1.29, 1.82) is 0 Å². The predicted octanol–water partition coefficient (Wildman–Crippen LogP) is 4.27. The number of carboxylic acid groups (broad SMARTS) is 1. The van der Waals surface area contributed by atoms with Gasteiger partial charge in [-0.1, -0.05) is 61.5 Å². The Kier molecular flexibility index (Phi) is 6.17. The molecule has 2 aromatic heterocycles. The smallest absolute Gasteiger partial charge is 0.337 e. The maximum Gasteiger partial charge on any atom is 0.337 e. The van der Waals surface area contributed by atoms with Crippen LogP contribution in [0.3, 0.4) is 0 Å². The number of ketones is 1. The number of rotatable bonds is 8. The van der Waals surface area contributed by atoms with E-state index in [1.807, 2.05) is 49.4 Å². The van der Waals surface area contributed by atoms with Crippen LogP contribution >= 0.6 is 0 Å². The fourth-order valence-electron chi connectivity index (χ4n) is 3.48. The summed E-state index contributed by atoms with van der Waals surface area (Å²) in [6, 6.07) is 19.7. The number of nitrogens with zero attached hydrogens (tertiary/aromatic N) is 4. The van der Waals surface area contributed by atoms with Crippen molar-refractivity contribution in [2.75, 3.05) is 0 Å². The van der Waals surface area contributed by atoms with Crippen molar-refractivity contribution in [1.82, 2.24) is 19.7 Å². The first-order chi connectivity index (χ1) is 15.6. The van der Waals surface area contributed by atoms with Crippen molar-refractivity contribution in [2.45, 2.75) is 26.3 Å².